The van der Waals surface area contributed by atoms with Crippen LogP contribution in [0.5, 0.6) is 0 Å². The molecule has 1 aromatic rings. The van der Waals surface area contributed by atoms with Crippen LogP contribution in [-0.2, 0) is 10.9 Å². The van der Waals surface area contributed by atoms with E-state index >= 15 is 0 Å². The van der Waals surface area contributed by atoms with E-state index in [0.29, 0.717) is 0 Å². The van der Waals surface area contributed by atoms with E-state index in [0.717, 1.165) is 18.2 Å². The molecule has 0 amide bonds. The number of thiol groups is 1. The molecule has 0 aromatic heterocycles. The summed E-state index contributed by atoms with van der Waals surface area (Å²) in [6.45, 7) is 1.67. The Morgan fingerprint density at radius 3 is 2.56 bits per heavy atom. The molecule has 0 saturated carbocycles. The molecule has 0 aliphatic rings. The van der Waals surface area contributed by atoms with E-state index in [1.165, 1.54) is 0 Å². The maximum atomic E-state index is 12.4. The standard InChI is InChI=1S/C10H9F3O2S/c1-2-15-9(14)7-5-6(10(11,12)13)3-4-8(7)16/h3-5,16H,2H2,1H3. The van der Waals surface area contributed by atoms with Crippen LogP contribution in [0.1, 0.15) is 22.8 Å². The lowest BCUT2D eigenvalue weighted by Crippen LogP contribution is -2.10. The van der Waals surface area contributed by atoms with Crippen molar-refractivity contribution in [2.75, 3.05) is 6.61 Å². The van der Waals surface area contributed by atoms with Gasteiger partial charge in [-0.2, -0.15) is 13.2 Å². The first-order valence-electron chi connectivity index (χ1n) is 4.43. The Morgan fingerprint density at radius 2 is 2.06 bits per heavy atom. The zero-order valence-corrected chi connectivity index (χ0v) is 9.23. The highest BCUT2D eigenvalue weighted by Gasteiger charge is 2.31. The fraction of sp³-hybridized carbons (Fsp3) is 0.300. The highest BCUT2D eigenvalue weighted by atomic mass is 32.1. The Hall–Kier alpha value is -1.17. The number of hydrogen-bond acceptors (Lipinski definition) is 3. The molecular weight excluding hydrogens is 241 g/mol. The number of alkyl halides is 3. The van der Waals surface area contributed by atoms with E-state index in [9.17, 15) is 18.0 Å². The fourth-order valence-electron chi connectivity index (χ4n) is 1.08. The molecule has 0 heterocycles. The molecule has 0 bridgehead atoms. The van der Waals surface area contributed by atoms with Crippen LogP contribution in [0.4, 0.5) is 13.2 Å². The average molecular weight is 250 g/mol. The van der Waals surface area contributed by atoms with Crippen molar-refractivity contribution in [2.24, 2.45) is 0 Å². The van der Waals surface area contributed by atoms with Crippen molar-refractivity contribution in [3.05, 3.63) is 29.3 Å². The fourth-order valence-corrected chi connectivity index (χ4v) is 1.32. The van der Waals surface area contributed by atoms with Crippen LogP contribution in [0.25, 0.3) is 0 Å². The van der Waals surface area contributed by atoms with Crippen molar-refractivity contribution in [1.82, 2.24) is 0 Å². The topological polar surface area (TPSA) is 26.3 Å². The summed E-state index contributed by atoms with van der Waals surface area (Å²) in [5.74, 6) is -0.807. The molecule has 16 heavy (non-hydrogen) atoms. The molecule has 1 rings (SSSR count). The van der Waals surface area contributed by atoms with Gasteiger partial charge in [0.25, 0.3) is 0 Å². The SMILES string of the molecule is CCOC(=O)c1cc(C(F)(F)F)ccc1S. The van der Waals surface area contributed by atoms with Crippen molar-refractivity contribution in [3.8, 4) is 0 Å². The van der Waals surface area contributed by atoms with Gasteiger partial charge in [-0.05, 0) is 25.1 Å². The highest BCUT2D eigenvalue weighted by Crippen LogP contribution is 2.31. The predicted molar refractivity (Wildman–Crippen MR) is 54.7 cm³/mol. The molecule has 2 nitrogen and oxygen atoms in total. The number of esters is 1. The second-order valence-electron chi connectivity index (χ2n) is 2.95. The number of carbonyl (C=O) groups excluding carboxylic acids is 1. The number of halogens is 3. The van der Waals surface area contributed by atoms with Gasteiger partial charge < -0.3 is 4.74 Å². The molecular formula is C10H9F3O2S. The van der Waals surface area contributed by atoms with Crippen molar-refractivity contribution < 1.29 is 22.7 Å². The molecule has 0 saturated heterocycles. The lowest BCUT2D eigenvalue weighted by atomic mass is 10.1. The molecule has 88 valence electrons. The minimum atomic E-state index is -4.48. The van der Waals surface area contributed by atoms with Crippen LogP contribution < -0.4 is 0 Å². The summed E-state index contributed by atoms with van der Waals surface area (Å²) in [6, 6.07) is 2.73. The molecule has 0 atom stereocenters. The number of rotatable bonds is 2. The molecule has 0 radical (unpaired) electrons. The third kappa shape index (κ3) is 2.91. The van der Waals surface area contributed by atoms with Crippen molar-refractivity contribution in [1.29, 1.82) is 0 Å². The first-order chi connectivity index (χ1) is 7.36. The van der Waals surface area contributed by atoms with E-state index in [4.69, 9.17) is 0 Å². The third-order valence-corrected chi connectivity index (χ3v) is 2.21. The van der Waals surface area contributed by atoms with Crippen LogP contribution in [0.15, 0.2) is 23.1 Å². The van der Waals surface area contributed by atoms with E-state index in [-0.39, 0.29) is 17.1 Å². The molecule has 0 fully saturated rings. The Labute approximate surface area is 95.8 Å². The molecule has 0 spiro atoms. The van der Waals surface area contributed by atoms with Gasteiger partial charge in [-0.1, -0.05) is 0 Å². The molecule has 0 aliphatic heterocycles. The third-order valence-electron chi connectivity index (χ3n) is 1.82. The van der Waals surface area contributed by atoms with Crippen LogP contribution in [0, 0.1) is 0 Å². The average Bonchev–Trinajstić information content (AvgIpc) is 2.16. The monoisotopic (exact) mass is 250 g/mol. The lowest BCUT2D eigenvalue weighted by molar-refractivity contribution is -0.137. The smallest absolute Gasteiger partial charge is 0.416 e. The first kappa shape index (κ1) is 12.9. The largest absolute Gasteiger partial charge is 0.462 e. The van der Waals surface area contributed by atoms with Gasteiger partial charge in [0.1, 0.15) is 0 Å². The van der Waals surface area contributed by atoms with Crippen molar-refractivity contribution in [2.45, 2.75) is 18.0 Å². The maximum Gasteiger partial charge on any atom is 0.416 e. The molecule has 6 heteroatoms. The Balaban J connectivity index is 3.14. The van der Waals surface area contributed by atoms with Gasteiger partial charge in [-0.3, -0.25) is 0 Å². The first-order valence-corrected chi connectivity index (χ1v) is 4.88. The van der Waals surface area contributed by atoms with E-state index in [2.05, 4.69) is 17.4 Å². The second kappa shape index (κ2) is 4.78. The van der Waals surface area contributed by atoms with Crippen molar-refractivity contribution in [3.63, 3.8) is 0 Å². The quantitative estimate of drug-likeness (QED) is 0.644. The van der Waals surface area contributed by atoms with Crippen LogP contribution >= 0.6 is 12.6 Å². The summed E-state index contributed by atoms with van der Waals surface area (Å²) in [5, 5.41) is 0. The van der Waals surface area contributed by atoms with Gasteiger partial charge in [-0.15, -0.1) is 12.6 Å². The molecule has 0 aliphatic carbocycles. The number of benzene rings is 1. The van der Waals surface area contributed by atoms with Gasteiger partial charge in [0.2, 0.25) is 0 Å². The summed E-state index contributed by atoms with van der Waals surface area (Å²) >= 11 is 3.90. The van der Waals surface area contributed by atoms with E-state index in [1.807, 2.05) is 0 Å². The Morgan fingerprint density at radius 1 is 1.44 bits per heavy atom. The highest BCUT2D eigenvalue weighted by molar-refractivity contribution is 7.80. The van der Waals surface area contributed by atoms with Crippen molar-refractivity contribution >= 4 is 18.6 Å². The summed E-state index contributed by atoms with van der Waals surface area (Å²) in [5.41, 5.74) is -1.08. The predicted octanol–water partition coefficient (Wildman–Crippen LogP) is 3.17. The molecule has 0 N–H and O–H groups in total. The molecule has 1 aromatic carbocycles. The van der Waals surface area contributed by atoms with Crippen LogP contribution in [0.2, 0.25) is 0 Å². The van der Waals surface area contributed by atoms with E-state index in [1.54, 1.807) is 6.92 Å². The Kier molecular flexibility index (Phi) is 3.85. The number of hydrogen-bond donors (Lipinski definition) is 1. The van der Waals surface area contributed by atoms with Gasteiger partial charge in [-0.25, -0.2) is 4.79 Å². The van der Waals surface area contributed by atoms with E-state index < -0.39 is 17.7 Å². The normalized spacial score (nSPS) is 11.3. The van der Waals surface area contributed by atoms with Crippen LogP contribution in [-0.4, -0.2) is 12.6 Å². The van der Waals surface area contributed by atoms with Gasteiger partial charge in [0.15, 0.2) is 0 Å². The summed E-state index contributed by atoms with van der Waals surface area (Å²) in [6.07, 6.45) is -4.48. The minimum Gasteiger partial charge on any atom is -0.462 e. The number of ether oxygens (including phenoxy) is 1. The van der Waals surface area contributed by atoms with Gasteiger partial charge in [0.05, 0.1) is 17.7 Å². The van der Waals surface area contributed by atoms with Gasteiger partial charge in [0, 0.05) is 4.90 Å². The molecule has 0 unspecified atom stereocenters. The number of carbonyl (C=O) groups is 1. The zero-order chi connectivity index (χ0) is 12.3. The van der Waals surface area contributed by atoms with Gasteiger partial charge >= 0.3 is 12.1 Å². The second-order valence-corrected chi connectivity index (χ2v) is 3.43. The zero-order valence-electron chi connectivity index (χ0n) is 8.34. The van der Waals surface area contributed by atoms with Crippen LogP contribution in [0.3, 0.4) is 0 Å². The maximum absolute atomic E-state index is 12.4. The lowest BCUT2D eigenvalue weighted by Gasteiger charge is -2.10. The summed E-state index contributed by atoms with van der Waals surface area (Å²) < 4.78 is 41.7. The summed E-state index contributed by atoms with van der Waals surface area (Å²) in [7, 11) is 0. The summed E-state index contributed by atoms with van der Waals surface area (Å²) in [4.78, 5) is 11.5. The Bertz CT molecular complexity index is 402. The minimum absolute atomic E-state index is 0.0995.